The first-order chi connectivity index (χ1) is 14.0. The third kappa shape index (κ3) is 3.92. The number of carbonyl (C=O) groups is 1. The number of rotatable bonds is 4. The fraction of sp³-hybridized carbons (Fsp3) is 0.455. The molecule has 0 saturated carbocycles. The monoisotopic (exact) mass is 398 g/mol. The van der Waals surface area contributed by atoms with Gasteiger partial charge in [-0.05, 0) is 29.7 Å². The van der Waals surface area contributed by atoms with E-state index in [0.29, 0.717) is 18.3 Å². The van der Waals surface area contributed by atoms with Crippen LogP contribution in [0.3, 0.4) is 0 Å². The molecule has 7 heteroatoms. The fourth-order valence-electron chi connectivity index (χ4n) is 4.73. The van der Waals surface area contributed by atoms with E-state index in [0.717, 1.165) is 30.9 Å². The molecule has 0 radical (unpaired) electrons. The molecule has 2 amide bonds. The average molecular weight is 398 g/mol. The molecule has 1 aromatic carbocycles. The molecule has 2 fully saturated rings. The largest absolute Gasteiger partial charge is 0.481 e. The van der Waals surface area contributed by atoms with Gasteiger partial charge in [0.05, 0.1) is 18.8 Å². The molecular weight excluding hydrogens is 371 g/mol. The lowest BCUT2D eigenvalue weighted by atomic mass is 9.89. The molecule has 0 unspecified atom stereocenters. The maximum Gasteiger partial charge on any atom is 0.320 e. The van der Waals surface area contributed by atoms with Gasteiger partial charge in [0.1, 0.15) is 5.82 Å². The summed E-state index contributed by atoms with van der Waals surface area (Å²) in [6.45, 7) is 3.17. The topological polar surface area (TPSA) is 48.9 Å². The molecule has 2 aromatic rings. The van der Waals surface area contributed by atoms with E-state index >= 15 is 0 Å². The number of hydrogen-bond donors (Lipinski definition) is 0. The Balaban J connectivity index is 1.56. The van der Waals surface area contributed by atoms with Gasteiger partial charge in [0, 0.05) is 52.3 Å². The molecule has 0 aliphatic carbocycles. The number of urea groups is 1. The van der Waals surface area contributed by atoms with E-state index in [-0.39, 0.29) is 23.8 Å². The van der Waals surface area contributed by atoms with Crippen molar-refractivity contribution in [1.82, 2.24) is 19.7 Å². The Hall–Kier alpha value is -2.67. The van der Waals surface area contributed by atoms with Gasteiger partial charge >= 0.3 is 6.03 Å². The van der Waals surface area contributed by atoms with Crippen molar-refractivity contribution < 1.29 is 13.9 Å². The van der Waals surface area contributed by atoms with Gasteiger partial charge in [0.2, 0.25) is 5.88 Å². The zero-order chi connectivity index (χ0) is 20.5. The van der Waals surface area contributed by atoms with Crippen LogP contribution in [0.5, 0.6) is 5.88 Å². The molecule has 2 aliphatic heterocycles. The summed E-state index contributed by atoms with van der Waals surface area (Å²) >= 11 is 0. The van der Waals surface area contributed by atoms with E-state index in [4.69, 9.17) is 4.74 Å². The number of methoxy groups -OCH3 is 1. The van der Waals surface area contributed by atoms with Gasteiger partial charge in [0.25, 0.3) is 0 Å². The number of likely N-dealkylation sites (tertiary alicyclic amines) is 2. The minimum atomic E-state index is -0.265. The zero-order valence-corrected chi connectivity index (χ0v) is 17.1. The van der Waals surface area contributed by atoms with E-state index in [1.54, 1.807) is 38.2 Å². The van der Waals surface area contributed by atoms with Crippen LogP contribution in [-0.4, -0.2) is 66.6 Å². The highest BCUT2D eigenvalue weighted by Crippen LogP contribution is 2.45. The molecule has 2 aliphatic rings. The van der Waals surface area contributed by atoms with E-state index in [9.17, 15) is 9.18 Å². The molecule has 3 heterocycles. The number of aromatic nitrogens is 1. The van der Waals surface area contributed by atoms with Crippen LogP contribution in [0.25, 0.3) is 0 Å². The summed E-state index contributed by atoms with van der Waals surface area (Å²) in [7, 11) is 5.14. The molecule has 29 heavy (non-hydrogen) atoms. The van der Waals surface area contributed by atoms with Gasteiger partial charge in [-0.25, -0.2) is 14.2 Å². The Morgan fingerprint density at radius 2 is 2.00 bits per heavy atom. The van der Waals surface area contributed by atoms with E-state index in [1.807, 2.05) is 29.2 Å². The Morgan fingerprint density at radius 1 is 1.21 bits per heavy atom. The van der Waals surface area contributed by atoms with Gasteiger partial charge in [-0.15, -0.1) is 0 Å². The minimum Gasteiger partial charge on any atom is -0.481 e. The van der Waals surface area contributed by atoms with Gasteiger partial charge < -0.3 is 14.5 Å². The predicted octanol–water partition coefficient (Wildman–Crippen LogP) is 3.02. The summed E-state index contributed by atoms with van der Waals surface area (Å²) in [6.07, 6.45) is 0. The van der Waals surface area contributed by atoms with Crippen molar-refractivity contribution in [3.8, 4) is 5.88 Å². The predicted molar refractivity (Wildman–Crippen MR) is 108 cm³/mol. The van der Waals surface area contributed by atoms with Crippen LogP contribution >= 0.6 is 0 Å². The first-order valence-electron chi connectivity index (χ1n) is 9.92. The van der Waals surface area contributed by atoms with E-state index < -0.39 is 0 Å². The molecule has 4 rings (SSSR count). The van der Waals surface area contributed by atoms with Crippen LogP contribution in [0.15, 0.2) is 42.5 Å². The number of fused-ring (bicyclic) bond motifs is 1. The highest BCUT2D eigenvalue weighted by Gasteiger charge is 2.49. The van der Waals surface area contributed by atoms with Crippen molar-refractivity contribution in [2.45, 2.75) is 12.6 Å². The SMILES string of the molecule is COc1cccc(CN2C[C@@H]3CN(C(=O)N(C)C)[C@@H](c4cccc(F)c4)[C@@H]3C2)n1. The van der Waals surface area contributed by atoms with Crippen molar-refractivity contribution in [2.24, 2.45) is 11.8 Å². The van der Waals surface area contributed by atoms with E-state index in [2.05, 4.69) is 9.88 Å². The lowest BCUT2D eigenvalue weighted by Gasteiger charge is -2.31. The highest BCUT2D eigenvalue weighted by molar-refractivity contribution is 5.75. The maximum atomic E-state index is 13.9. The molecule has 154 valence electrons. The van der Waals surface area contributed by atoms with Crippen LogP contribution < -0.4 is 4.74 Å². The molecular formula is C22H27FN4O2. The lowest BCUT2D eigenvalue weighted by molar-refractivity contribution is 0.151. The Kier molecular flexibility index (Phi) is 5.41. The quantitative estimate of drug-likeness (QED) is 0.795. The third-order valence-corrected chi connectivity index (χ3v) is 5.93. The van der Waals surface area contributed by atoms with Crippen molar-refractivity contribution in [2.75, 3.05) is 40.8 Å². The molecule has 3 atom stereocenters. The number of benzene rings is 1. The normalized spacial score (nSPS) is 23.9. The van der Waals surface area contributed by atoms with Crippen LogP contribution in [0, 0.1) is 17.7 Å². The number of carbonyl (C=O) groups excluding carboxylic acids is 1. The Labute approximate surface area is 170 Å². The Bertz CT molecular complexity index is 891. The molecule has 0 bridgehead atoms. The van der Waals surface area contributed by atoms with Crippen LogP contribution in [0.2, 0.25) is 0 Å². The number of amides is 2. The number of ether oxygens (including phenoxy) is 1. The summed E-state index contributed by atoms with van der Waals surface area (Å²) in [5.74, 6) is 0.977. The summed E-state index contributed by atoms with van der Waals surface area (Å²) in [6, 6.07) is 12.3. The number of halogens is 1. The van der Waals surface area contributed by atoms with Crippen LogP contribution in [0.4, 0.5) is 9.18 Å². The van der Waals surface area contributed by atoms with Crippen molar-refractivity contribution in [1.29, 1.82) is 0 Å². The van der Waals surface area contributed by atoms with Crippen LogP contribution in [0.1, 0.15) is 17.3 Å². The summed E-state index contributed by atoms with van der Waals surface area (Å²) < 4.78 is 19.2. The summed E-state index contributed by atoms with van der Waals surface area (Å²) in [5, 5.41) is 0. The third-order valence-electron chi connectivity index (χ3n) is 5.93. The molecule has 2 saturated heterocycles. The molecule has 1 aromatic heterocycles. The van der Waals surface area contributed by atoms with E-state index in [1.165, 1.54) is 6.07 Å². The molecule has 0 spiro atoms. The lowest BCUT2D eigenvalue weighted by Crippen LogP contribution is -2.41. The summed E-state index contributed by atoms with van der Waals surface area (Å²) in [5.41, 5.74) is 1.84. The number of pyridine rings is 1. The Morgan fingerprint density at radius 3 is 2.72 bits per heavy atom. The molecule has 0 N–H and O–H groups in total. The van der Waals surface area contributed by atoms with Crippen LogP contribution in [-0.2, 0) is 6.54 Å². The molecule has 6 nitrogen and oxygen atoms in total. The van der Waals surface area contributed by atoms with Crippen molar-refractivity contribution in [3.05, 3.63) is 59.5 Å². The number of hydrogen-bond acceptors (Lipinski definition) is 4. The zero-order valence-electron chi connectivity index (χ0n) is 17.1. The number of nitrogens with zero attached hydrogens (tertiary/aromatic N) is 4. The maximum absolute atomic E-state index is 13.9. The summed E-state index contributed by atoms with van der Waals surface area (Å²) in [4.78, 5) is 23.2. The van der Waals surface area contributed by atoms with Gasteiger partial charge in [-0.2, -0.15) is 0 Å². The van der Waals surface area contributed by atoms with Gasteiger partial charge in [-0.1, -0.05) is 18.2 Å². The van der Waals surface area contributed by atoms with Crippen molar-refractivity contribution >= 4 is 6.03 Å². The second-order valence-corrected chi connectivity index (χ2v) is 8.12. The van der Waals surface area contributed by atoms with Gasteiger partial charge in [-0.3, -0.25) is 4.90 Å². The second kappa shape index (κ2) is 7.99. The van der Waals surface area contributed by atoms with Gasteiger partial charge in [0.15, 0.2) is 0 Å². The minimum absolute atomic E-state index is 0.0188. The highest BCUT2D eigenvalue weighted by atomic mass is 19.1. The smallest absolute Gasteiger partial charge is 0.320 e. The standard InChI is InChI=1S/C22H27FN4O2/c1-25(2)22(28)27-12-16-11-26(13-18-8-5-9-20(24-18)29-3)14-19(16)21(27)15-6-4-7-17(23)10-15/h4-10,16,19,21H,11-14H2,1-3H3/t16-,19-,21+/m1/s1. The first-order valence-corrected chi connectivity index (χ1v) is 9.92. The fourth-order valence-corrected chi connectivity index (χ4v) is 4.73. The first kappa shape index (κ1) is 19.6. The van der Waals surface area contributed by atoms with Crippen molar-refractivity contribution in [3.63, 3.8) is 0 Å². The average Bonchev–Trinajstić information content (AvgIpc) is 3.24. The second-order valence-electron chi connectivity index (χ2n) is 8.12.